The van der Waals surface area contributed by atoms with Crippen molar-refractivity contribution in [3.05, 3.63) is 63.7 Å². The topological polar surface area (TPSA) is 75.5 Å². The summed E-state index contributed by atoms with van der Waals surface area (Å²) in [5.41, 5.74) is 3.91. The molecule has 1 unspecified atom stereocenters. The van der Waals surface area contributed by atoms with E-state index in [0.29, 0.717) is 6.42 Å². The molecule has 1 aliphatic heterocycles. The van der Waals surface area contributed by atoms with Crippen molar-refractivity contribution < 1.29 is 9.72 Å². The summed E-state index contributed by atoms with van der Waals surface area (Å²) in [4.78, 5) is 24.9. The van der Waals surface area contributed by atoms with Gasteiger partial charge in [-0.1, -0.05) is 19.1 Å². The molecule has 0 radical (unpaired) electrons. The minimum absolute atomic E-state index is 0.0910. The van der Waals surface area contributed by atoms with Crippen molar-refractivity contribution in [3.8, 4) is 0 Å². The van der Waals surface area contributed by atoms with Crippen LogP contribution in [0.2, 0.25) is 0 Å². The molecule has 6 nitrogen and oxygen atoms in total. The van der Waals surface area contributed by atoms with Gasteiger partial charge in [0, 0.05) is 29.5 Å². The van der Waals surface area contributed by atoms with E-state index >= 15 is 0 Å². The number of hydrogen-bond donors (Lipinski definition) is 1. The highest BCUT2D eigenvalue weighted by Gasteiger charge is 2.29. The molecule has 25 heavy (non-hydrogen) atoms. The van der Waals surface area contributed by atoms with Gasteiger partial charge in [0.05, 0.1) is 11.5 Å². The molecule has 6 heteroatoms. The fourth-order valence-electron chi connectivity index (χ4n) is 3.22. The lowest BCUT2D eigenvalue weighted by Gasteiger charge is -2.24. The van der Waals surface area contributed by atoms with Gasteiger partial charge < -0.3 is 10.2 Å². The Morgan fingerprint density at radius 2 is 2.00 bits per heavy atom. The Bertz CT molecular complexity index is 802. The lowest BCUT2D eigenvalue weighted by atomic mass is 10.1. The Morgan fingerprint density at radius 1 is 1.28 bits per heavy atom. The number of hydrogen-bond acceptors (Lipinski definition) is 4. The number of nitrogens with one attached hydrogen (secondary N) is 1. The van der Waals surface area contributed by atoms with Crippen molar-refractivity contribution in [1.82, 2.24) is 0 Å². The molecular weight excluding hydrogens is 318 g/mol. The number of rotatable bonds is 5. The van der Waals surface area contributed by atoms with Gasteiger partial charge in [-0.2, -0.15) is 0 Å². The third kappa shape index (κ3) is 3.63. The number of benzene rings is 2. The number of nitro groups is 1. The number of fused-ring (bicyclic) bond motifs is 1. The van der Waals surface area contributed by atoms with Gasteiger partial charge in [-0.3, -0.25) is 14.9 Å². The SMILES string of the molecule is CCc1ccc(NC(=O)CN2c3ccc([N+](=O)[O-])cc3CC2C)cc1. The van der Waals surface area contributed by atoms with Crippen molar-refractivity contribution >= 4 is 23.0 Å². The third-order valence-corrected chi connectivity index (χ3v) is 4.59. The molecule has 0 aliphatic carbocycles. The molecule has 1 atom stereocenters. The second-order valence-corrected chi connectivity index (χ2v) is 6.35. The van der Waals surface area contributed by atoms with Gasteiger partial charge in [-0.05, 0) is 49.1 Å². The zero-order valence-corrected chi connectivity index (χ0v) is 14.4. The lowest BCUT2D eigenvalue weighted by Crippen LogP contribution is -2.37. The second-order valence-electron chi connectivity index (χ2n) is 6.35. The molecule has 2 aromatic rings. The number of aryl methyl sites for hydroxylation is 1. The van der Waals surface area contributed by atoms with Gasteiger partial charge in [0.1, 0.15) is 0 Å². The first kappa shape index (κ1) is 17.0. The van der Waals surface area contributed by atoms with Gasteiger partial charge in [-0.15, -0.1) is 0 Å². The van der Waals surface area contributed by atoms with Crippen LogP contribution in [0.4, 0.5) is 17.1 Å². The fraction of sp³-hybridized carbons (Fsp3) is 0.316. The molecule has 1 aliphatic rings. The summed E-state index contributed by atoms with van der Waals surface area (Å²) >= 11 is 0. The first-order valence-corrected chi connectivity index (χ1v) is 8.40. The molecular formula is C19H21N3O3. The summed E-state index contributed by atoms with van der Waals surface area (Å²) < 4.78 is 0. The van der Waals surface area contributed by atoms with E-state index in [4.69, 9.17) is 0 Å². The molecule has 0 fully saturated rings. The van der Waals surface area contributed by atoms with Crippen LogP contribution in [0.1, 0.15) is 25.0 Å². The molecule has 2 aromatic carbocycles. The van der Waals surface area contributed by atoms with Crippen LogP contribution in [0, 0.1) is 10.1 Å². The van der Waals surface area contributed by atoms with Crippen LogP contribution in [0.3, 0.4) is 0 Å². The number of amides is 1. The summed E-state index contributed by atoms with van der Waals surface area (Å²) in [5, 5.41) is 13.8. The minimum atomic E-state index is -0.389. The summed E-state index contributed by atoms with van der Waals surface area (Å²) in [6.45, 7) is 4.33. The lowest BCUT2D eigenvalue weighted by molar-refractivity contribution is -0.384. The first-order valence-electron chi connectivity index (χ1n) is 8.40. The van der Waals surface area contributed by atoms with Crippen LogP contribution < -0.4 is 10.2 Å². The monoisotopic (exact) mass is 339 g/mol. The summed E-state index contributed by atoms with van der Waals surface area (Å²) in [6.07, 6.45) is 1.66. The van der Waals surface area contributed by atoms with Crippen LogP contribution in [0.15, 0.2) is 42.5 Å². The van der Waals surface area contributed by atoms with Crippen LogP contribution >= 0.6 is 0 Å². The number of nitrogens with zero attached hydrogens (tertiary/aromatic N) is 2. The average Bonchev–Trinajstić information content (AvgIpc) is 2.90. The highest BCUT2D eigenvalue weighted by molar-refractivity contribution is 5.94. The predicted octanol–water partition coefficient (Wildman–Crippen LogP) is 3.55. The van der Waals surface area contributed by atoms with Crippen molar-refractivity contribution in [2.45, 2.75) is 32.7 Å². The number of nitro benzene ring substituents is 1. The Labute approximate surface area is 146 Å². The maximum atomic E-state index is 12.4. The van der Waals surface area contributed by atoms with E-state index in [1.807, 2.05) is 36.1 Å². The summed E-state index contributed by atoms with van der Waals surface area (Å²) in [7, 11) is 0. The molecule has 0 aromatic heterocycles. The first-order chi connectivity index (χ1) is 12.0. The van der Waals surface area contributed by atoms with E-state index in [2.05, 4.69) is 12.2 Å². The standard InChI is InChI=1S/C19H21N3O3/c1-3-14-4-6-16(7-5-14)20-19(23)12-21-13(2)10-15-11-17(22(24)25)8-9-18(15)21/h4-9,11,13H,3,10,12H2,1-2H3,(H,20,23). The molecule has 0 saturated carbocycles. The van der Waals surface area contributed by atoms with Gasteiger partial charge in [-0.25, -0.2) is 0 Å². The molecule has 3 rings (SSSR count). The average molecular weight is 339 g/mol. The van der Waals surface area contributed by atoms with Gasteiger partial charge in [0.25, 0.3) is 5.69 Å². The van der Waals surface area contributed by atoms with E-state index in [1.54, 1.807) is 12.1 Å². The highest BCUT2D eigenvalue weighted by atomic mass is 16.6. The smallest absolute Gasteiger partial charge is 0.269 e. The van der Waals surface area contributed by atoms with Crippen LogP contribution in [0.25, 0.3) is 0 Å². The Morgan fingerprint density at radius 3 is 2.64 bits per heavy atom. The number of carbonyl (C=O) groups excluding carboxylic acids is 1. The van der Waals surface area contributed by atoms with Gasteiger partial charge in [0.2, 0.25) is 5.91 Å². The van der Waals surface area contributed by atoms with Crippen molar-refractivity contribution in [1.29, 1.82) is 0 Å². The minimum Gasteiger partial charge on any atom is -0.359 e. The molecule has 1 heterocycles. The maximum Gasteiger partial charge on any atom is 0.269 e. The van der Waals surface area contributed by atoms with Gasteiger partial charge >= 0.3 is 0 Å². The van der Waals surface area contributed by atoms with Crippen molar-refractivity contribution in [2.75, 3.05) is 16.8 Å². The van der Waals surface area contributed by atoms with Crippen LogP contribution in [0.5, 0.6) is 0 Å². The predicted molar refractivity (Wildman–Crippen MR) is 98.1 cm³/mol. The quantitative estimate of drug-likeness (QED) is 0.668. The van der Waals surface area contributed by atoms with E-state index < -0.39 is 0 Å². The second kappa shape index (κ2) is 6.93. The molecule has 0 bridgehead atoms. The highest BCUT2D eigenvalue weighted by Crippen LogP contribution is 2.34. The fourth-order valence-corrected chi connectivity index (χ4v) is 3.22. The zero-order chi connectivity index (χ0) is 18.0. The third-order valence-electron chi connectivity index (χ3n) is 4.59. The largest absolute Gasteiger partial charge is 0.359 e. The summed E-state index contributed by atoms with van der Waals surface area (Å²) in [5.74, 6) is -0.0951. The molecule has 0 saturated heterocycles. The Balaban J connectivity index is 1.70. The molecule has 1 amide bonds. The summed E-state index contributed by atoms with van der Waals surface area (Å²) in [6, 6.07) is 12.8. The maximum absolute atomic E-state index is 12.4. The van der Waals surface area contributed by atoms with E-state index in [9.17, 15) is 14.9 Å². The van der Waals surface area contributed by atoms with Crippen molar-refractivity contribution in [3.63, 3.8) is 0 Å². The zero-order valence-electron chi connectivity index (χ0n) is 14.4. The van der Waals surface area contributed by atoms with E-state index in [-0.39, 0.29) is 29.1 Å². The number of anilines is 2. The normalized spacial score (nSPS) is 15.8. The van der Waals surface area contributed by atoms with E-state index in [0.717, 1.165) is 23.4 Å². The van der Waals surface area contributed by atoms with Crippen molar-refractivity contribution in [2.24, 2.45) is 0 Å². The Kier molecular flexibility index (Phi) is 4.70. The molecule has 0 spiro atoms. The molecule has 130 valence electrons. The Hall–Kier alpha value is -2.89. The van der Waals surface area contributed by atoms with Gasteiger partial charge in [0.15, 0.2) is 0 Å². The number of carbonyl (C=O) groups is 1. The van der Waals surface area contributed by atoms with Crippen LogP contribution in [-0.2, 0) is 17.6 Å². The van der Waals surface area contributed by atoms with E-state index in [1.165, 1.54) is 11.6 Å². The van der Waals surface area contributed by atoms with Crippen LogP contribution in [-0.4, -0.2) is 23.4 Å². The number of non-ortho nitro benzene ring substituents is 1. The molecule has 1 N–H and O–H groups in total.